The number of rotatable bonds is 0. The van der Waals surface area contributed by atoms with E-state index >= 15 is 0 Å². The van der Waals surface area contributed by atoms with E-state index in [-0.39, 0.29) is 5.69 Å². The van der Waals surface area contributed by atoms with Gasteiger partial charge >= 0.3 is 5.69 Å². The Morgan fingerprint density at radius 1 is 1.50 bits per heavy atom. The van der Waals surface area contributed by atoms with Crippen molar-refractivity contribution in [2.75, 3.05) is 0 Å². The third-order valence-corrected chi connectivity index (χ3v) is 1.72. The van der Waals surface area contributed by atoms with Crippen LogP contribution in [0.1, 0.15) is 5.69 Å². The summed E-state index contributed by atoms with van der Waals surface area (Å²) < 4.78 is 0. The molecule has 2 aromatic heterocycles. The topological polar surface area (TPSA) is 58.6 Å². The molecule has 0 spiro atoms. The van der Waals surface area contributed by atoms with Gasteiger partial charge in [0.25, 0.3) is 0 Å². The molecule has 0 atom stereocenters. The van der Waals surface area contributed by atoms with E-state index < -0.39 is 0 Å². The van der Waals surface area contributed by atoms with E-state index in [4.69, 9.17) is 0 Å². The zero-order chi connectivity index (χ0) is 8.55. The second kappa shape index (κ2) is 2.41. The number of pyridine rings is 1. The molecule has 0 unspecified atom stereocenters. The van der Waals surface area contributed by atoms with Gasteiger partial charge in [-0.15, -0.1) is 0 Å². The molecule has 2 heterocycles. The molecule has 0 bridgehead atoms. The van der Waals surface area contributed by atoms with Crippen molar-refractivity contribution in [3.05, 3.63) is 34.6 Å². The summed E-state index contributed by atoms with van der Waals surface area (Å²) in [5.41, 5.74) is 1.14. The lowest BCUT2D eigenvalue weighted by Gasteiger charge is -1.97. The second-order valence-electron chi connectivity index (χ2n) is 2.56. The molecule has 4 heteroatoms. The quantitative estimate of drug-likeness (QED) is 0.616. The van der Waals surface area contributed by atoms with Crippen LogP contribution in [-0.2, 0) is 0 Å². The number of hydrogen-bond donors (Lipinski definition) is 1. The molecular weight excluding hydrogens is 154 g/mol. The molecule has 0 aliphatic rings. The Kier molecular flexibility index (Phi) is 1.40. The van der Waals surface area contributed by atoms with Gasteiger partial charge in [0.1, 0.15) is 0 Å². The maximum absolute atomic E-state index is 10.9. The van der Waals surface area contributed by atoms with Crippen molar-refractivity contribution in [3.63, 3.8) is 0 Å². The van der Waals surface area contributed by atoms with Crippen LogP contribution in [0.4, 0.5) is 0 Å². The summed E-state index contributed by atoms with van der Waals surface area (Å²) in [6, 6.07) is 1.83. The van der Waals surface area contributed by atoms with E-state index in [2.05, 4.69) is 15.0 Å². The molecule has 2 aromatic rings. The van der Waals surface area contributed by atoms with Gasteiger partial charge in [-0.2, -0.15) is 4.98 Å². The van der Waals surface area contributed by atoms with Crippen LogP contribution in [0.3, 0.4) is 0 Å². The van der Waals surface area contributed by atoms with Crippen molar-refractivity contribution >= 4 is 10.9 Å². The summed E-state index contributed by atoms with van der Waals surface area (Å²) in [5, 5.41) is 0.935. The number of hydrogen-bond acceptors (Lipinski definition) is 3. The smallest absolute Gasteiger partial charge is 0.309 e. The number of H-pyrrole nitrogens is 1. The molecular formula is C8H7N3O. The Bertz CT molecular complexity index is 475. The normalized spacial score (nSPS) is 10.4. The average molecular weight is 161 g/mol. The van der Waals surface area contributed by atoms with E-state index in [0.29, 0.717) is 5.52 Å². The lowest BCUT2D eigenvalue weighted by atomic mass is 10.2. The van der Waals surface area contributed by atoms with E-state index in [9.17, 15) is 4.79 Å². The van der Waals surface area contributed by atoms with Gasteiger partial charge in [-0.3, -0.25) is 4.98 Å². The number of fused-ring (bicyclic) bond motifs is 1. The zero-order valence-corrected chi connectivity index (χ0v) is 6.53. The van der Waals surface area contributed by atoms with E-state index in [1.54, 1.807) is 12.4 Å². The number of aryl methyl sites for hydroxylation is 1. The molecule has 0 aromatic carbocycles. The van der Waals surface area contributed by atoms with Crippen LogP contribution in [0.25, 0.3) is 10.9 Å². The predicted octanol–water partition coefficient (Wildman–Crippen LogP) is 0.627. The maximum atomic E-state index is 10.9. The van der Waals surface area contributed by atoms with Crippen molar-refractivity contribution in [3.8, 4) is 0 Å². The fourth-order valence-corrected chi connectivity index (χ4v) is 1.16. The highest BCUT2D eigenvalue weighted by atomic mass is 16.1. The highest BCUT2D eigenvalue weighted by Gasteiger charge is 1.98. The average Bonchev–Trinajstić information content (AvgIpc) is 2.04. The van der Waals surface area contributed by atoms with Crippen LogP contribution >= 0.6 is 0 Å². The monoisotopic (exact) mass is 161 g/mol. The summed E-state index contributed by atoms with van der Waals surface area (Å²) in [6.07, 6.45) is 3.26. The molecule has 1 N–H and O–H groups in total. The van der Waals surface area contributed by atoms with Crippen molar-refractivity contribution < 1.29 is 0 Å². The molecule has 60 valence electrons. The van der Waals surface area contributed by atoms with Gasteiger partial charge in [-0.1, -0.05) is 0 Å². The number of nitrogens with one attached hydrogen (secondary N) is 1. The van der Waals surface area contributed by atoms with E-state index in [1.807, 2.05) is 13.0 Å². The summed E-state index contributed by atoms with van der Waals surface area (Å²) in [5.74, 6) is 0. The Hall–Kier alpha value is -1.71. The summed E-state index contributed by atoms with van der Waals surface area (Å²) in [6.45, 7) is 1.84. The van der Waals surface area contributed by atoms with Crippen LogP contribution in [0.15, 0.2) is 23.3 Å². The molecule has 0 radical (unpaired) electrons. The van der Waals surface area contributed by atoms with Gasteiger partial charge in [0, 0.05) is 17.3 Å². The second-order valence-corrected chi connectivity index (χ2v) is 2.56. The lowest BCUT2D eigenvalue weighted by molar-refractivity contribution is 1.06. The number of aromatic nitrogens is 3. The van der Waals surface area contributed by atoms with Crippen molar-refractivity contribution in [1.82, 2.24) is 15.0 Å². The van der Waals surface area contributed by atoms with Crippen LogP contribution in [0, 0.1) is 6.92 Å². The molecule has 0 saturated carbocycles. The molecule has 0 saturated heterocycles. The molecule has 2 rings (SSSR count). The fourth-order valence-electron chi connectivity index (χ4n) is 1.16. The molecule has 0 amide bonds. The van der Waals surface area contributed by atoms with Gasteiger partial charge in [0.05, 0.1) is 11.7 Å². The first kappa shape index (κ1) is 6.97. The lowest BCUT2D eigenvalue weighted by Crippen LogP contribution is -2.11. The molecule has 12 heavy (non-hydrogen) atoms. The molecule has 0 aliphatic carbocycles. The fraction of sp³-hybridized carbons (Fsp3) is 0.125. The summed E-state index contributed by atoms with van der Waals surface area (Å²) in [7, 11) is 0. The van der Waals surface area contributed by atoms with Gasteiger partial charge in [-0.05, 0) is 13.0 Å². The zero-order valence-electron chi connectivity index (χ0n) is 6.53. The van der Waals surface area contributed by atoms with E-state index in [0.717, 1.165) is 11.1 Å². The minimum absolute atomic E-state index is 0.326. The van der Waals surface area contributed by atoms with Crippen LogP contribution < -0.4 is 5.69 Å². The third-order valence-electron chi connectivity index (χ3n) is 1.72. The molecule has 0 fully saturated rings. The van der Waals surface area contributed by atoms with Crippen LogP contribution in [0.5, 0.6) is 0 Å². The minimum atomic E-state index is -0.326. The first-order valence-corrected chi connectivity index (χ1v) is 3.58. The Labute approximate surface area is 68.3 Å². The first-order chi connectivity index (χ1) is 5.77. The van der Waals surface area contributed by atoms with Crippen LogP contribution in [-0.4, -0.2) is 15.0 Å². The van der Waals surface area contributed by atoms with Gasteiger partial charge < -0.3 is 4.98 Å². The largest absolute Gasteiger partial charge is 0.345 e. The van der Waals surface area contributed by atoms with Gasteiger partial charge in [-0.25, -0.2) is 4.79 Å². The van der Waals surface area contributed by atoms with E-state index in [1.165, 1.54) is 0 Å². The van der Waals surface area contributed by atoms with Crippen molar-refractivity contribution in [2.45, 2.75) is 6.92 Å². The van der Waals surface area contributed by atoms with Crippen LogP contribution in [0.2, 0.25) is 0 Å². The summed E-state index contributed by atoms with van der Waals surface area (Å²) in [4.78, 5) is 21.2. The molecule has 0 aliphatic heterocycles. The predicted molar refractivity (Wildman–Crippen MR) is 44.9 cm³/mol. The Balaban J connectivity index is 2.99. The number of nitrogens with zero attached hydrogens (tertiary/aromatic N) is 2. The summed E-state index contributed by atoms with van der Waals surface area (Å²) >= 11 is 0. The van der Waals surface area contributed by atoms with Gasteiger partial charge in [0.2, 0.25) is 0 Å². The minimum Gasteiger partial charge on any atom is -0.309 e. The molecule has 4 nitrogen and oxygen atoms in total. The standard InChI is InChI=1S/C8H7N3O/c1-5-6-2-3-9-4-7(6)11-8(12)10-5/h2-4H,1H3,(H,10,11,12). The highest BCUT2D eigenvalue weighted by Crippen LogP contribution is 2.08. The highest BCUT2D eigenvalue weighted by molar-refractivity contribution is 5.78. The Morgan fingerprint density at radius 2 is 2.33 bits per heavy atom. The third kappa shape index (κ3) is 0.972. The SMILES string of the molecule is Cc1[nH]c(=O)nc2cnccc12. The van der Waals surface area contributed by atoms with Crippen molar-refractivity contribution in [1.29, 1.82) is 0 Å². The van der Waals surface area contributed by atoms with Crippen molar-refractivity contribution in [2.24, 2.45) is 0 Å². The maximum Gasteiger partial charge on any atom is 0.345 e. The first-order valence-electron chi connectivity index (χ1n) is 3.58. The Morgan fingerprint density at radius 3 is 3.17 bits per heavy atom. The van der Waals surface area contributed by atoms with Gasteiger partial charge in [0.15, 0.2) is 0 Å². The number of aromatic amines is 1.